The maximum atomic E-state index is 12.4. The van der Waals surface area contributed by atoms with Gasteiger partial charge in [0, 0.05) is 12.2 Å². The van der Waals surface area contributed by atoms with Gasteiger partial charge < -0.3 is 15.5 Å². The number of anilines is 2. The fourth-order valence-electron chi connectivity index (χ4n) is 2.54. The van der Waals surface area contributed by atoms with Crippen molar-refractivity contribution in [3.63, 3.8) is 0 Å². The van der Waals surface area contributed by atoms with E-state index >= 15 is 0 Å². The van der Waals surface area contributed by atoms with E-state index in [2.05, 4.69) is 32.7 Å². The van der Waals surface area contributed by atoms with Crippen molar-refractivity contribution in [2.24, 2.45) is 0 Å². The number of benzene rings is 1. The Bertz CT molecular complexity index is 697. The molecule has 0 atom stereocenters. The van der Waals surface area contributed by atoms with Gasteiger partial charge in [0.15, 0.2) is 5.69 Å². The van der Waals surface area contributed by atoms with E-state index in [0.29, 0.717) is 11.5 Å². The van der Waals surface area contributed by atoms with Gasteiger partial charge in [-0.15, -0.1) is 10.2 Å². The second-order valence-electron chi connectivity index (χ2n) is 6.30. The number of nitrogens with one attached hydrogen (secondary N) is 2. The molecule has 6 nitrogen and oxygen atoms in total. The summed E-state index contributed by atoms with van der Waals surface area (Å²) in [5.74, 6) is 0.441. The third-order valence-electron chi connectivity index (χ3n) is 3.96. The second-order valence-corrected chi connectivity index (χ2v) is 6.30. The summed E-state index contributed by atoms with van der Waals surface area (Å²) in [5, 5.41) is 14.3. The van der Waals surface area contributed by atoms with Gasteiger partial charge in [0.05, 0.1) is 0 Å². The third-order valence-corrected chi connectivity index (χ3v) is 3.96. The Balaban J connectivity index is 1.97. The molecule has 1 heterocycles. The second kappa shape index (κ2) is 9.13. The SMILES string of the molecule is CCc1cccc(C)c1NC(=O)c1ccc(NCCCN(C)C)nn1. The van der Waals surface area contributed by atoms with Crippen molar-refractivity contribution >= 4 is 17.4 Å². The molecule has 1 aromatic carbocycles. The van der Waals surface area contributed by atoms with Gasteiger partial charge in [0.25, 0.3) is 5.91 Å². The predicted octanol–water partition coefficient (Wildman–Crippen LogP) is 2.96. The summed E-state index contributed by atoms with van der Waals surface area (Å²) in [4.78, 5) is 14.6. The van der Waals surface area contributed by atoms with E-state index in [0.717, 1.165) is 42.7 Å². The van der Waals surface area contributed by atoms with Gasteiger partial charge >= 0.3 is 0 Å². The maximum absolute atomic E-state index is 12.4. The summed E-state index contributed by atoms with van der Waals surface area (Å²) >= 11 is 0. The first-order chi connectivity index (χ1) is 12.0. The maximum Gasteiger partial charge on any atom is 0.276 e. The summed E-state index contributed by atoms with van der Waals surface area (Å²) < 4.78 is 0. The Hall–Kier alpha value is -2.47. The van der Waals surface area contributed by atoms with Crippen LogP contribution >= 0.6 is 0 Å². The number of hydrogen-bond acceptors (Lipinski definition) is 5. The van der Waals surface area contributed by atoms with Crippen LogP contribution in [-0.2, 0) is 6.42 Å². The van der Waals surface area contributed by atoms with E-state index in [4.69, 9.17) is 0 Å². The lowest BCUT2D eigenvalue weighted by Gasteiger charge is -2.13. The smallest absolute Gasteiger partial charge is 0.276 e. The number of aryl methyl sites for hydroxylation is 2. The number of carbonyl (C=O) groups is 1. The zero-order chi connectivity index (χ0) is 18.2. The van der Waals surface area contributed by atoms with Crippen molar-refractivity contribution in [3.05, 3.63) is 47.2 Å². The minimum absolute atomic E-state index is 0.240. The van der Waals surface area contributed by atoms with Crippen LogP contribution < -0.4 is 10.6 Å². The normalized spacial score (nSPS) is 10.8. The monoisotopic (exact) mass is 341 g/mol. The average molecular weight is 341 g/mol. The molecule has 0 aliphatic carbocycles. The quantitative estimate of drug-likeness (QED) is 0.723. The molecular weight excluding hydrogens is 314 g/mol. The van der Waals surface area contributed by atoms with Gasteiger partial charge in [-0.1, -0.05) is 25.1 Å². The minimum Gasteiger partial charge on any atom is -0.369 e. The molecule has 2 aromatic rings. The first-order valence-corrected chi connectivity index (χ1v) is 8.63. The van der Waals surface area contributed by atoms with E-state index in [-0.39, 0.29) is 5.91 Å². The van der Waals surface area contributed by atoms with Crippen LogP contribution in [0, 0.1) is 6.92 Å². The lowest BCUT2D eigenvalue weighted by atomic mass is 10.1. The highest BCUT2D eigenvalue weighted by atomic mass is 16.1. The molecule has 0 fully saturated rings. The fourth-order valence-corrected chi connectivity index (χ4v) is 2.54. The van der Waals surface area contributed by atoms with Crippen molar-refractivity contribution in [1.29, 1.82) is 0 Å². The van der Waals surface area contributed by atoms with E-state index in [1.165, 1.54) is 0 Å². The molecule has 1 amide bonds. The summed E-state index contributed by atoms with van der Waals surface area (Å²) in [5.41, 5.74) is 3.33. The number of rotatable bonds is 8. The highest BCUT2D eigenvalue weighted by Crippen LogP contribution is 2.21. The first kappa shape index (κ1) is 18.9. The first-order valence-electron chi connectivity index (χ1n) is 8.63. The fraction of sp³-hybridized carbons (Fsp3) is 0.421. The van der Waals surface area contributed by atoms with Crippen LogP contribution in [0.1, 0.15) is 35.0 Å². The largest absolute Gasteiger partial charge is 0.369 e. The van der Waals surface area contributed by atoms with Crippen LogP contribution in [0.2, 0.25) is 0 Å². The number of hydrogen-bond donors (Lipinski definition) is 2. The van der Waals surface area contributed by atoms with Crippen molar-refractivity contribution in [2.45, 2.75) is 26.7 Å². The molecular formula is C19H27N5O. The number of nitrogens with zero attached hydrogens (tertiary/aromatic N) is 3. The van der Waals surface area contributed by atoms with Crippen molar-refractivity contribution in [2.75, 3.05) is 37.8 Å². The minimum atomic E-state index is -0.240. The molecule has 0 saturated heterocycles. The molecule has 2 rings (SSSR count). The van der Waals surface area contributed by atoms with Crippen molar-refractivity contribution in [3.8, 4) is 0 Å². The Labute approximate surface area is 149 Å². The van der Waals surface area contributed by atoms with Gasteiger partial charge in [0.2, 0.25) is 0 Å². The number of para-hydroxylation sites is 1. The molecule has 2 N–H and O–H groups in total. The predicted molar refractivity (Wildman–Crippen MR) is 102 cm³/mol. The zero-order valence-electron chi connectivity index (χ0n) is 15.5. The molecule has 0 aliphatic heterocycles. The van der Waals surface area contributed by atoms with Gasteiger partial charge in [-0.3, -0.25) is 4.79 Å². The topological polar surface area (TPSA) is 70.2 Å². The highest BCUT2D eigenvalue weighted by molar-refractivity contribution is 6.03. The van der Waals surface area contributed by atoms with Crippen LogP contribution in [0.3, 0.4) is 0 Å². The molecule has 6 heteroatoms. The average Bonchev–Trinajstić information content (AvgIpc) is 2.60. The van der Waals surface area contributed by atoms with Crippen LogP contribution in [0.4, 0.5) is 11.5 Å². The van der Waals surface area contributed by atoms with E-state index in [9.17, 15) is 4.79 Å². The third kappa shape index (κ3) is 5.53. The lowest BCUT2D eigenvalue weighted by molar-refractivity contribution is 0.102. The van der Waals surface area contributed by atoms with Crippen molar-refractivity contribution < 1.29 is 4.79 Å². The molecule has 0 bridgehead atoms. The zero-order valence-corrected chi connectivity index (χ0v) is 15.5. The molecule has 25 heavy (non-hydrogen) atoms. The Kier molecular flexibility index (Phi) is 6.89. The molecule has 1 aromatic heterocycles. The van der Waals surface area contributed by atoms with Crippen LogP contribution in [0.25, 0.3) is 0 Å². The van der Waals surface area contributed by atoms with Crippen LogP contribution in [-0.4, -0.2) is 48.2 Å². The molecule has 0 spiro atoms. The van der Waals surface area contributed by atoms with Gasteiger partial charge in [0.1, 0.15) is 5.82 Å². The molecule has 0 saturated carbocycles. The summed E-state index contributed by atoms with van der Waals surface area (Å²) in [6.45, 7) is 5.89. The Morgan fingerprint density at radius 2 is 1.96 bits per heavy atom. The van der Waals surface area contributed by atoms with Gasteiger partial charge in [-0.25, -0.2) is 0 Å². The lowest BCUT2D eigenvalue weighted by Crippen LogP contribution is -2.18. The van der Waals surface area contributed by atoms with E-state index in [1.54, 1.807) is 12.1 Å². The Morgan fingerprint density at radius 3 is 2.60 bits per heavy atom. The summed E-state index contributed by atoms with van der Waals surface area (Å²) in [6.07, 6.45) is 1.88. The Morgan fingerprint density at radius 1 is 1.16 bits per heavy atom. The van der Waals surface area contributed by atoms with Crippen molar-refractivity contribution in [1.82, 2.24) is 15.1 Å². The van der Waals surface area contributed by atoms with Crippen LogP contribution in [0.15, 0.2) is 30.3 Å². The standard InChI is InChI=1S/C19H27N5O/c1-5-15-9-6-8-14(2)18(15)21-19(25)16-10-11-17(23-22-16)20-12-7-13-24(3)4/h6,8-11H,5,7,12-13H2,1-4H3,(H,20,23)(H,21,25). The number of aromatic nitrogens is 2. The van der Waals surface area contributed by atoms with Gasteiger partial charge in [-0.05, 0) is 63.7 Å². The number of carbonyl (C=O) groups excluding carboxylic acids is 1. The molecule has 0 radical (unpaired) electrons. The molecule has 0 aliphatic rings. The van der Waals surface area contributed by atoms with E-state index in [1.807, 2.05) is 39.2 Å². The highest BCUT2D eigenvalue weighted by Gasteiger charge is 2.12. The molecule has 134 valence electrons. The number of amides is 1. The van der Waals surface area contributed by atoms with E-state index < -0.39 is 0 Å². The summed E-state index contributed by atoms with van der Waals surface area (Å²) in [6, 6.07) is 9.49. The molecule has 0 unspecified atom stereocenters. The van der Waals surface area contributed by atoms with Crippen LogP contribution in [0.5, 0.6) is 0 Å². The summed E-state index contributed by atoms with van der Waals surface area (Å²) in [7, 11) is 4.09. The van der Waals surface area contributed by atoms with Gasteiger partial charge in [-0.2, -0.15) is 0 Å².